The molecule has 4 rings (SSSR count). The molecule has 1 saturated heterocycles. The van der Waals surface area contributed by atoms with Crippen LogP contribution in [0.3, 0.4) is 0 Å². The van der Waals surface area contributed by atoms with Gasteiger partial charge in [-0.25, -0.2) is 13.6 Å². The second kappa shape index (κ2) is 8.78. The van der Waals surface area contributed by atoms with E-state index in [0.29, 0.717) is 18.8 Å². The van der Waals surface area contributed by atoms with E-state index in [0.717, 1.165) is 37.1 Å². The largest absolute Gasteiger partial charge is 0.369 e. The number of para-hydroxylation sites is 1. The highest BCUT2D eigenvalue weighted by Crippen LogP contribution is 2.26. The van der Waals surface area contributed by atoms with Crippen molar-refractivity contribution < 1.29 is 13.6 Å². The SMILES string of the molecule is O=C(Nc1ccc2c(c1)CN(CC(F)F)C2)N[C@@H]1CCCN(c2ccccc2)C1. The van der Waals surface area contributed by atoms with E-state index in [-0.39, 0.29) is 18.6 Å². The van der Waals surface area contributed by atoms with E-state index in [9.17, 15) is 13.6 Å². The third kappa shape index (κ3) is 5.03. The molecule has 2 aliphatic rings. The number of carbonyl (C=O) groups is 1. The van der Waals surface area contributed by atoms with Gasteiger partial charge in [0.25, 0.3) is 6.43 Å². The Labute approximate surface area is 169 Å². The number of carbonyl (C=O) groups excluding carboxylic acids is 1. The lowest BCUT2D eigenvalue weighted by molar-refractivity contribution is 0.0873. The predicted octanol–water partition coefficient (Wildman–Crippen LogP) is 4.06. The minimum absolute atomic E-state index is 0.0833. The molecule has 0 bridgehead atoms. The Balaban J connectivity index is 1.31. The number of amides is 2. The highest BCUT2D eigenvalue weighted by molar-refractivity contribution is 5.89. The molecule has 0 aliphatic carbocycles. The van der Waals surface area contributed by atoms with Crippen LogP contribution in [-0.4, -0.2) is 43.0 Å². The molecule has 2 aromatic rings. The fourth-order valence-electron chi connectivity index (χ4n) is 4.19. The number of halogens is 2. The number of alkyl halides is 2. The second-order valence-corrected chi connectivity index (χ2v) is 7.76. The summed E-state index contributed by atoms with van der Waals surface area (Å²) in [5.74, 6) is 0. The number of anilines is 2. The van der Waals surface area contributed by atoms with Crippen LogP contribution in [0.25, 0.3) is 0 Å². The van der Waals surface area contributed by atoms with E-state index in [2.05, 4.69) is 27.7 Å². The zero-order valence-electron chi connectivity index (χ0n) is 16.3. The molecule has 0 spiro atoms. The number of nitrogens with one attached hydrogen (secondary N) is 2. The van der Waals surface area contributed by atoms with Crippen LogP contribution in [0.4, 0.5) is 25.0 Å². The molecule has 2 N–H and O–H groups in total. The van der Waals surface area contributed by atoms with E-state index in [1.807, 2.05) is 36.4 Å². The Morgan fingerprint density at radius 1 is 1.10 bits per heavy atom. The summed E-state index contributed by atoms with van der Waals surface area (Å²) >= 11 is 0. The average molecular weight is 400 g/mol. The number of rotatable bonds is 5. The zero-order valence-corrected chi connectivity index (χ0v) is 16.3. The predicted molar refractivity (Wildman–Crippen MR) is 110 cm³/mol. The Morgan fingerprint density at radius 3 is 2.69 bits per heavy atom. The molecule has 2 amide bonds. The number of benzene rings is 2. The number of fused-ring (bicyclic) bond motifs is 1. The Hall–Kier alpha value is -2.67. The Morgan fingerprint density at radius 2 is 1.90 bits per heavy atom. The van der Waals surface area contributed by atoms with Gasteiger partial charge in [-0.3, -0.25) is 4.90 Å². The van der Waals surface area contributed by atoms with Crippen LogP contribution in [0.1, 0.15) is 24.0 Å². The molecule has 0 saturated carbocycles. The summed E-state index contributed by atoms with van der Waals surface area (Å²) in [5.41, 5.74) is 3.90. The first-order valence-electron chi connectivity index (χ1n) is 10.1. The molecule has 1 fully saturated rings. The van der Waals surface area contributed by atoms with Crippen molar-refractivity contribution >= 4 is 17.4 Å². The van der Waals surface area contributed by atoms with Crippen molar-refractivity contribution in [2.45, 2.75) is 38.4 Å². The van der Waals surface area contributed by atoms with Gasteiger partial charge in [0, 0.05) is 43.6 Å². The number of nitrogens with zero attached hydrogens (tertiary/aromatic N) is 2. The molecule has 2 aliphatic heterocycles. The van der Waals surface area contributed by atoms with Crippen LogP contribution in [0.2, 0.25) is 0 Å². The van der Waals surface area contributed by atoms with Crippen molar-refractivity contribution in [1.82, 2.24) is 10.2 Å². The molecular formula is C22H26F2N4O. The first-order valence-corrected chi connectivity index (χ1v) is 10.1. The van der Waals surface area contributed by atoms with Gasteiger partial charge in [-0.2, -0.15) is 0 Å². The van der Waals surface area contributed by atoms with Crippen LogP contribution < -0.4 is 15.5 Å². The molecule has 1 atom stereocenters. The molecule has 7 heteroatoms. The quantitative estimate of drug-likeness (QED) is 0.796. The number of piperidine rings is 1. The molecule has 0 unspecified atom stereocenters. The van der Waals surface area contributed by atoms with E-state index >= 15 is 0 Å². The third-order valence-electron chi connectivity index (χ3n) is 5.53. The van der Waals surface area contributed by atoms with Gasteiger partial charge >= 0.3 is 6.03 Å². The van der Waals surface area contributed by atoms with Crippen molar-refractivity contribution in [1.29, 1.82) is 0 Å². The molecule has 5 nitrogen and oxygen atoms in total. The molecular weight excluding hydrogens is 374 g/mol. The summed E-state index contributed by atoms with van der Waals surface area (Å²) in [5, 5.41) is 5.96. The van der Waals surface area contributed by atoms with E-state index < -0.39 is 6.43 Å². The Bertz CT molecular complexity index is 846. The van der Waals surface area contributed by atoms with Gasteiger partial charge in [-0.05, 0) is 48.2 Å². The molecule has 29 heavy (non-hydrogen) atoms. The summed E-state index contributed by atoms with van der Waals surface area (Å²) in [6.45, 7) is 2.57. The smallest absolute Gasteiger partial charge is 0.319 e. The average Bonchev–Trinajstić information content (AvgIpc) is 3.09. The summed E-state index contributed by atoms with van der Waals surface area (Å²) in [7, 11) is 0. The van der Waals surface area contributed by atoms with E-state index in [4.69, 9.17) is 0 Å². The van der Waals surface area contributed by atoms with Crippen molar-refractivity contribution in [3.8, 4) is 0 Å². The second-order valence-electron chi connectivity index (χ2n) is 7.76. The van der Waals surface area contributed by atoms with Gasteiger partial charge in [0.2, 0.25) is 0 Å². The molecule has 0 aromatic heterocycles. The van der Waals surface area contributed by atoms with E-state index in [1.165, 1.54) is 5.69 Å². The van der Waals surface area contributed by atoms with Crippen LogP contribution in [0, 0.1) is 0 Å². The van der Waals surface area contributed by atoms with Crippen molar-refractivity contribution in [2.75, 3.05) is 29.9 Å². The number of hydrogen-bond donors (Lipinski definition) is 2. The number of hydrogen-bond acceptors (Lipinski definition) is 3. The molecule has 0 radical (unpaired) electrons. The van der Waals surface area contributed by atoms with Crippen molar-refractivity contribution in [3.05, 3.63) is 59.7 Å². The maximum absolute atomic E-state index is 12.6. The summed E-state index contributed by atoms with van der Waals surface area (Å²) in [4.78, 5) is 16.5. The first kappa shape index (κ1) is 19.6. The van der Waals surface area contributed by atoms with Crippen LogP contribution in [0.5, 0.6) is 0 Å². The normalized spacial score (nSPS) is 19.3. The summed E-state index contributed by atoms with van der Waals surface area (Å²) in [6, 6.07) is 15.7. The fourth-order valence-corrected chi connectivity index (χ4v) is 4.19. The highest BCUT2D eigenvalue weighted by Gasteiger charge is 2.23. The molecule has 2 aromatic carbocycles. The summed E-state index contributed by atoms with van der Waals surface area (Å²) in [6.07, 6.45) is -0.360. The maximum atomic E-state index is 12.6. The summed E-state index contributed by atoms with van der Waals surface area (Å²) < 4.78 is 25.2. The lowest BCUT2D eigenvalue weighted by atomic mass is 10.1. The standard InChI is InChI=1S/C22H26F2N4O/c23-21(24)15-27-12-16-8-9-18(11-17(16)13-27)25-22(29)26-19-5-4-10-28(14-19)20-6-2-1-3-7-20/h1-3,6-9,11,19,21H,4-5,10,12-15H2,(H2,25,26,29)/t19-/m1/s1. The molecule has 2 heterocycles. The topological polar surface area (TPSA) is 47.6 Å². The maximum Gasteiger partial charge on any atom is 0.319 e. The monoisotopic (exact) mass is 400 g/mol. The van der Waals surface area contributed by atoms with Gasteiger partial charge in [-0.15, -0.1) is 0 Å². The van der Waals surface area contributed by atoms with E-state index in [1.54, 1.807) is 4.90 Å². The highest BCUT2D eigenvalue weighted by atomic mass is 19.3. The van der Waals surface area contributed by atoms with Gasteiger partial charge in [0.1, 0.15) is 0 Å². The van der Waals surface area contributed by atoms with Gasteiger partial charge in [0.05, 0.1) is 6.54 Å². The van der Waals surface area contributed by atoms with Crippen molar-refractivity contribution in [3.63, 3.8) is 0 Å². The lowest BCUT2D eigenvalue weighted by Gasteiger charge is -2.34. The van der Waals surface area contributed by atoms with Gasteiger partial charge in [-0.1, -0.05) is 24.3 Å². The van der Waals surface area contributed by atoms with Gasteiger partial charge < -0.3 is 15.5 Å². The number of urea groups is 1. The lowest BCUT2D eigenvalue weighted by Crippen LogP contribution is -2.49. The fraction of sp³-hybridized carbons (Fsp3) is 0.409. The van der Waals surface area contributed by atoms with Crippen molar-refractivity contribution in [2.24, 2.45) is 0 Å². The minimum atomic E-state index is -2.33. The van der Waals surface area contributed by atoms with Crippen LogP contribution in [0.15, 0.2) is 48.5 Å². The Kier molecular flexibility index (Phi) is 5.94. The minimum Gasteiger partial charge on any atom is -0.369 e. The van der Waals surface area contributed by atoms with Crippen LogP contribution in [-0.2, 0) is 13.1 Å². The van der Waals surface area contributed by atoms with Gasteiger partial charge in [0.15, 0.2) is 0 Å². The third-order valence-corrected chi connectivity index (χ3v) is 5.53. The molecule has 154 valence electrons. The first-order chi connectivity index (χ1) is 14.1. The van der Waals surface area contributed by atoms with Crippen LogP contribution >= 0.6 is 0 Å². The zero-order chi connectivity index (χ0) is 20.2.